The molecule has 0 unspecified atom stereocenters. The van der Waals surface area contributed by atoms with Crippen LogP contribution < -0.4 is 10.1 Å². The van der Waals surface area contributed by atoms with Gasteiger partial charge in [-0.3, -0.25) is 9.59 Å². The van der Waals surface area contributed by atoms with Gasteiger partial charge in [0.2, 0.25) is 11.8 Å². The molecule has 6 rings (SSSR count). The second-order valence-electron chi connectivity index (χ2n) is 13.5. The van der Waals surface area contributed by atoms with E-state index in [4.69, 9.17) is 4.74 Å². The summed E-state index contributed by atoms with van der Waals surface area (Å²) in [7, 11) is 0. The Bertz CT molecular complexity index is 1090. The molecule has 5 aliphatic carbocycles. The number of unbranched alkanes of at least 4 members (excludes halogenated alkanes) is 4. The highest BCUT2D eigenvalue weighted by Crippen LogP contribution is 2.60. The molecule has 4 saturated carbocycles. The van der Waals surface area contributed by atoms with Crippen LogP contribution >= 0.6 is 22.6 Å². The number of amides is 2. The smallest absolute Gasteiger partial charge is 0.247 e. The SMILES string of the molecule is CCCCCCCC(=O)N(CC12CC3CC(CC(C3)C1)C2)[C@@H]1CC(C(=O)NCCO)=C[C@H](Oc2ccccc2I)[C@H]1O. The maximum absolute atomic E-state index is 14.1. The van der Waals surface area contributed by atoms with Gasteiger partial charge in [-0.05, 0) is 109 Å². The van der Waals surface area contributed by atoms with Crippen LogP contribution in [0.4, 0.5) is 0 Å². The molecule has 3 N–H and O–H groups in total. The molecule has 1 aromatic rings. The van der Waals surface area contributed by atoms with Gasteiger partial charge in [-0.1, -0.05) is 44.7 Å². The Labute approximate surface area is 265 Å². The van der Waals surface area contributed by atoms with Crippen LogP contribution in [0.25, 0.3) is 0 Å². The van der Waals surface area contributed by atoms with Gasteiger partial charge in [0, 0.05) is 31.5 Å². The molecule has 0 radical (unpaired) electrons. The number of aliphatic hydroxyl groups is 2. The monoisotopic (exact) mass is 692 g/mol. The van der Waals surface area contributed by atoms with Gasteiger partial charge in [0.1, 0.15) is 18.0 Å². The average Bonchev–Trinajstić information content (AvgIpc) is 2.96. The summed E-state index contributed by atoms with van der Waals surface area (Å²) in [6.45, 7) is 2.85. The lowest BCUT2D eigenvalue weighted by molar-refractivity contribution is -0.147. The minimum Gasteiger partial charge on any atom is -0.482 e. The van der Waals surface area contributed by atoms with Crippen LogP contribution in [0.1, 0.15) is 90.4 Å². The number of rotatable bonds is 14. The third kappa shape index (κ3) is 7.52. The van der Waals surface area contributed by atoms with E-state index in [9.17, 15) is 19.8 Å². The van der Waals surface area contributed by atoms with Gasteiger partial charge in [-0.25, -0.2) is 0 Å². The first-order valence-electron chi connectivity index (χ1n) is 16.3. The van der Waals surface area contributed by atoms with Crippen LogP contribution in [-0.2, 0) is 9.59 Å². The third-order valence-electron chi connectivity index (χ3n) is 10.2. The minimum absolute atomic E-state index is 0.0938. The average molecular weight is 693 g/mol. The second-order valence-corrected chi connectivity index (χ2v) is 14.7. The van der Waals surface area contributed by atoms with Crippen molar-refractivity contribution in [2.45, 2.75) is 109 Å². The maximum atomic E-state index is 14.1. The zero-order chi connectivity index (χ0) is 29.7. The normalized spacial score (nSPS) is 31.5. The predicted octanol–water partition coefficient (Wildman–Crippen LogP) is 5.61. The Morgan fingerprint density at radius 2 is 1.71 bits per heavy atom. The third-order valence-corrected chi connectivity index (χ3v) is 11.1. The Hall–Kier alpha value is -1.65. The zero-order valence-corrected chi connectivity index (χ0v) is 27.3. The van der Waals surface area contributed by atoms with Crippen molar-refractivity contribution < 1.29 is 24.5 Å². The number of carbonyl (C=O) groups is 2. The maximum Gasteiger partial charge on any atom is 0.247 e. The lowest BCUT2D eigenvalue weighted by Crippen LogP contribution is -2.59. The highest BCUT2D eigenvalue weighted by atomic mass is 127. The molecule has 4 bridgehead atoms. The first-order valence-corrected chi connectivity index (χ1v) is 17.4. The summed E-state index contributed by atoms with van der Waals surface area (Å²) in [5, 5.41) is 24.0. The first kappa shape index (κ1) is 31.8. The van der Waals surface area contributed by atoms with E-state index in [1.807, 2.05) is 29.2 Å². The number of ether oxygens (including phenoxy) is 1. The molecular weight excluding hydrogens is 643 g/mol. The van der Waals surface area contributed by atoms with E-state index < -0.39 is 18.2 Å². The minimum atomic E-state index is -0.964. The highest BCUT2D eigenvalue weighted by Gasteiger charge is 2.53. The van der Waals surface area contributed by atoms with E-state index in [0.717, 1.165) is 47.0 Å². The van der Waals surface area contributed by atoms with Crippen LogP contribution in [0.2, 0.25) is 0 Å². The van der Waals surface area contributed by atoms with Crippen LogP contribution in [0.5, 0.6) is 5.75 Å². The summed E-state index contributed by atoms with van der Waals surface area (Å²) in [5.41, 5.74) is 0.610. The summed E-state index contributed by atoms with van der Waals surface area (Å²) in [4.78, 5) is 29.3. The van der Waals surface area contributed by atoms with Gasteiger partial charge >= 0.3 is 0 Å². The van der Waals surface area contributed by atoms with Gasteiger partial charge in [-0.2, -0.15) is 0 Å². The predicted molar refractivity (Wildman–Crippen MR) is 172 cm³/mol. The molecule has 0 heterocycles. The largest absolute Gasteiger partial charge is 0.482 e. The van der Waals surface area contributed by atoms with Crippen molar-refractivity contribution in [2.75, 3.05) is 19.7 Å². The van der Waals surface area contributed by atoms with E-state index in [-0.39, 0.29) is 36.8 Å². The fraction of sp³-hybridized carbons (Fsp3) is 0.706. The number of halogens is 1. The zero-order valence-electron chi connectivity index (χ0n) is 25.1. The summed E-state index contributed by atoms with van der Waals surface area (Å²) in [5.74, 6) is 2.73. The van der Waals surface area contributed by atoms with Crippen molar-refractivity contribution in [1.29, 1.82) is 0 Å². The van der Waals surface area contributed by atoms with Crippen molar-refractivity contribution in [2.24, 2.45) is 23.2 Å². The molecule has 2 amide bonds. The molecule has 42 heavy (non-hydrogen) atoms. The summed E-state index contributed by atoms with van der Waals surface area (Å²) in [6.07, 6.45) is 13.6. The Morgan fingerprint density at radius 1 is 1.05 bits per heavy atom. The Morgan fingerprint density at radius 3 is 2.36 bits per heavy atom. The number of hydrogen-bond acceptors (Lipinski definition) is 5. The van der Waals surface area contributed by atoms with Gasteiger partial charge in [0.05, 0.1) is 16.2 Å². The van der Waals surface area contributed by atoms with Crippen molar-refractivity contribution >= 4 is 34.4 Å². The summed E-state index contributed by atoms with van der Waals surface area (Å²) < 4.78 is 7.28. The molecule has 8 heteroatoms. The van der Waals surface area contributed by atoms with E-state index in [0.29, 0.717) is 24.3 Å². The molecule has 3 atom stereocenters. The standard InChI is InChI=1S/C34H49IN2O5/c1-2-3-4-5-6-11-31(39)37(22-34-19-23-14-24(20-34)16-25(15-23)21-34)28-17-26(33(41)36-12-13-38)18-30(32(28)40)42-29-10-8-7-9-27(29)35/h7-10,18,23-25,28,30,32,38,40H,2-6,11-17,19-22H2,1H3,(H,36,41)/t23?,24?,25?,28-,30+,32+,34?/m1/s1. The number of para-hydroxylation sites is 1. The molecule has 5 aliphatic rings. The van der Waals surface area contributed by atoms with Crippen LogP contribution in [0, 0.1) is 26.7 Å². The van der Waals surface area contributed by atoms with Crippen molar-refractivity contribution in [3.05, 3.63) is 39.5 Å². The summed E-state index contributed by atoms with van der Waals surface area (Å²) in [6, 6.07) is 7.09. The molecule has 4 fully saturated rings. The van der Waals surface area contributed by atoms with E-state index in [1.165, 1.54) is 44.9 Å². The van der Waals surface area contributed by atoms with E-state index in [1.54, 1.807) is 6.08 Å². The topological polar surface area (TPSA) is 99.1 Å². The molecule has 1 aromatic carbocycles. The van der Waals surface area contributed by atoms with Gasteiger partial charge in [-0.15, -0.1) is 0 Å². The van der Waals surface area contributed by atoms with Crippen molar-refractivity contribution in [1.82, 2.24) is 10.2 Å². The van der Waals surface area contributed by atoms with Gasteiger partial charge in [0.25, 0.3) is 0 Å². The number of aliphatic hydroxyl groups excluding tert-OH is 2. The second kappa shape index (κ2) is 14.4. The Balaban J connectivity index is 1.42. The number of hydrogen-bond donors (Lipinski definition) is 3. The molecule has 0 aliphatic heterocycles. The number of benzene rings is 1. The molecule has 0 saturated heterocycles. The fourth-order valence-electron chi connectivity index (χ4n) is 8.73. The van der Waals surface area contributed by atoms with Gasteiger partial charge < -0.3 is 25.2 Å². The van der Waals surface area contributed by atoms with Crippen molar-refractivity contribution in [3.8, 4) is 5.75 Å². The summed E-state index contributed by atoms with van der Waals surface area (Å²) >= 11 is 2.21. The molecule has 0 spiro atoms. The molecule has 0 aromatic heterocycles. The van der Waals surface area contributed by atoms with E-state index >= 15 is 0 Å². The van der Waals surface area contributed by atoms with E-state index in [2.05, 4.69) is 34.8 Å². The number of nitrogens with one attached hydrogen (secondary N) is 1. The number of nitrogens with zero attached hydrogens (tertiary/aromatic N) is 1. The quantitative estimate of drug-likeness (QED) is 0.174. The lowest BCUT2D eigenvalue weighted by atomic mass is 9.49. The van der Waals surface area contributed by atoms with Crippen LogP contribution in [0.15, 0.2) is 35.9 Å². The lowest BCUT2D eigenvalue weighted by Gasteiger charge is -2.58. The number of carbonyl (C=O) groups excluding carboxylic acids is 2. The Kier molecular flexibility index (Phi) is 10.9. The molecular formula is C34H49IN2O5. The van der Waals surface area contributed by atoms with Crippen LogP contribution in [-0.4, -0.2) is 64.9 Å². The van der Waals surface area contributed by atoms with Crippen molar-refractivity contribution in [3.63, 3.8) is 0 Å². The van der Waals surface area contributed by atoms with Gasteiger partial charge in [0.15, 0.2) is 0 Å². The van der Waals surface area contributed by atoms with Crippen LogP contribution in [0.3, 0.4) is 0 Å². The fourth-order valence-corrected chi connectivity index (χ4v) is 9.24. The first-order chi connectivity index (χ1) is 20.3. The molecule has 232 valence electrons. The molecule has 7 nitrogen and oxygen atoms in total. The highest BCUT2D eigenvalue weighted by molar-refractivity contribution is 14.1.